The summed E-state index contributed by atoms with van der Waals surface area (Å²) in [4.78, 5) is 23.9. The highest BCUT2D eigenvalue weighted by Gasteiger charge is 2.48. The SMILES string of the molecule is CC[C@H](C)OCC(=O)N1C[C@@H](NC(C)=O)CC[C@H]1C(F)(F)F. The summed E-state index contributed by atoms with van der Waals surface area (Å²) in [6.45, 7) is 4.39. The van der Waals surface area contributed by atoms with Crippen LogP contribution in [0.4, 0.5) is 13.2 Å². The zero-order chi connectivity index (χ0) is 16.9. The zero-order valence-corrected chi connectivity index (χ0v) is 13.1. The molecule has 1 aliphatic heterocycles. The van der Waals surface area contributed by atoms with E-state index in [1.165, 1.54) is 6.92 Å². The Morgan fingerprint density at radius 3 is 2.50 bits per heavy atom. The summed E-state index contributed by atoms with van der Waals surface area (Å²) >= 11 is 0. The molecule has 0 saturated carbocycles. The van der Waals surface area contributed by atoms with Gasteiger partial charge < -0.3 is 15.0 Å². The first-order valence-electron chi connectivity index (χ1n) is 7.40. The summed E-state index contributed by atoms with van der Waals surface area (Å²) in [5, 5.41) is 2.57. The van der Waals surface area contributed by atoms with E-state index >= 15 is 0 Å². The Morgan fingerprint density at radius 1 is 1.36 bits per heavy atom. The number of amides is 2. The predicted molar refractivity (Wildman–Crippen MR) is 74.1 cm³/mol. The molecule has 1 N–H and O–H groups in total. The fraction of sp³-hybridized carbons (Fsp3) is 0.857. The average Bonchev–Trinajstić information content (AvgIpc) is 2.42. The van der Waals surface area contributed by atoms with Gasteiger partial charge in [0, 0.05) is 19.5 Å². The fourth-order valence-corrected chi connectivity index (χ4v) is 2.41. The van der Waals surface area contributed by atoms with Crippen LogP contribution in [0.15, 0.2) is 0 Å². The summed E-state index contributed by atoms with van der Waals surface area (Å²) in [6.07, 6.45) is -4.02. The van der Waals surface area contributed by atoms with Gasteiger partial charge in [-0.15, -0.1) is 0 Å². The van der Waals surface area contributed by atoms with Gasteiger partial charge in [0.25, 0.3) is 0 Å². The molecule has 0 spiro atoms. The topological polar surface area (TPSA) is 58.6 Å². The molecule has 1 rings (SSSR count). The molecule has 0 unspecified atom stereocenters. The van der Waals surface area contributed by atoms with E-state index in [0.29, 0.717) is 6.42 Å². The second-order valence-electron chi connectivity index (χ2n) is 5.61. The van der Waals surface area contributed by atoms with E-state index in [1.807, 2.05) is 6.92 Å². The molecule has 8 heteroatoms. The highest BCUT2D eigenvalue weighted by molar-refractivity contribution is 5.78. The first kappa shape index (κ1) is 18.7. The van der Waals surface area contributed by atoms with Crippen LogP contribution in [-0.4, -0.2) is 54.2 Å². The van der Waals surface area contributed by atoms with Crippen LogP contribution in [0.3, 0.4) is 0 Å². The van der Waals surface area contributed by atoms with Gasteiger partial charge in [0.1, 0.15) is 12.6 Å². The molecule has 5 nitrogen and oxygen atoms in total. The molecule has 3 atom stereocenters. The first-order valence-corrected chi connectivity index (χ1v) is 7.40. The first-order chi connectivity index (χ1) is 10.1. The normalized spacial score (nSPS) is 24.0. The standard InChI is InChI=1S/C14H23F3N2O3/c1-4-9(2)22-8-13(21)19-7-11(18-10(3)20)5-6-12(19)14(15,16)17/h9,11-12H,4-8H2,1-3H3,(H,18,20)/t9-,11-,12-/m0/s1. The molecule has 1 aliphatic rings. The van der Waals surface area contributed by atoms with Crippen molar-refractivity contribution in [2.45, 2.75) is 64.4 Å². The van der Waals surface area contributed by atoms with E-state index < -0.39 is 24.2 Å². The number of nitrogens with zero attached hydrogens (tertiary/aromatic N) is 1. The second kappa shape index (κ2) is 7.80. The van der Waals surface area contributed by atoms with Crippen molar-refractivity contribution in [3.05, 3.63) is 0 Å². The Morgan fingerprint density at radius 2 is 2.00 bits per heavy atom. The highest BCUT2D eigenvalue weighted by atomic mass is 19.4. The van der Waals surface area contributed by atoms with Gasteiger partial charge in [-0.05, 0) is 26.2 Å². The Labute approximate surface area is 128 Å². The third-order valence-electron chi connectivity index (χ3n) is 3.75. The van der Waals surface area contributed by atoms with Crippen LogP contribution in [0.5, 0.6) is 0 Å². The van der Waals surface area contributed by atoms with E-state index in [0.717, 1.165) is 4.90 Å². The summed E-state index contributed by atoms with van der Waals surface area (Å²) in [7, 11) is 0. The maximum absolute atomic E-state index is 13.1. The number of ether oxygens (including phenoxy) is 1. The summed E-state index contributed by atoms with van der Waals surface area (Å²) in [5.74, 6) is -1.02. The van der Waals surface area contributed by atoms with Crippen molar-refractivity contribution in [1.29, 1.82) is 0 Å². The molecule has 0 bridgehead atoms. The van der Waals surface area contributed by atoms with Crippen LogP contribution in [0.2, 0.25) is 0 Å². The second-order valence-corrected chi connectivity index (χ2v) is 5.61. The Kier molecular flexibility index (Phi) is 6.65. The van der Waals surface area contributed by atoms with Gasteiger partial charge in [0.05, 0.1) is 6.10 Å². The van der Waals surface area contributed by atoms with Gasteiger partial charge in [-0.1, -0.05) is 6.92 Å². The minimum atomic E-state index is -4.48. The largest absolute Gasteiger partial charge is 0.408 e. The summed E-state index contributed by atoms with van der Waals surface area (Å²) in [6, 6.07) is -2.27. The third kappa shape index (κ3) is 5.47. The molecule has 128 valence electrons. The van der Waals surface area contributed by atoms with Crippen LogP contribution in [0, 0.1) is 0 Å². The number of carbonyl (C=O) groups is 2. The molecule has 0 aromatic rings. The van der Waals surface area contributed by atoms with Gasteiger partial charge in [-0.25, -0.2) is 0 Å². The number of alkyl halides is 3. The molecular formula is C14H23F3N2O3. The van der Waals surface area contributed by atoms with E-state index in [-0.39, 0.29) is 38.0 Å². The molecule has 0 aromatic carbocycles. The number of rotatable bonds is 5. The maximum Gasteiger partial charge on any atom is 0.408 e. The van der Waals surface area contributed by atoms with Gasteiger partial charge in [0.2, 0.25) is 11.8 Å². The smallest absolute Gasteiger partial charge is 0.369 e. The number of carbonyl (C=O) groups excluding carboxylic acids is 2. The van der Waals surface area contributed by atoms with Crippen molar-refractivity contribution >= 4 is 11.8 Å². The lowest BCUT2D eigenvalue weighted by atomic mass is 9.97. The lowest BCUT2D eigenvalue weighted by Crippen LogP contribution is -2.58. The van der Waals surface area contributed by atoms with Crippen LogP contribution < -0.4 is 5.32 Å². The average molecular weight is 324 g/mol. The highest BCUT2D eigenvalue weighted by Crippen LogP contribution is 2.32. The van der Waals surface area contributed by atoms with Crippen molar-refractivity contribution < 1.29 is 27.5 Å². The Bertz CT molecular complexity index is 401. The Balaban J connectivity index is 2.76. The molecule has 0 aromatic heterocycles. The lowest BCUT2D eigenvalue weighted by Gasteiger charge is -2.40. The monoisotopic (exact) mass is 324 g/mol. The molecule has 1 fully saturated rings. The maximum atomic E-state index is 13.1. The van der Waals surface area contributed by atoms with Gasteiger partial charge in [-0.3, -0.25) is 9.59 Å². The van der Waals surface area contributed by atoms with E-state index in [1.54, 1.807) is 6.92 Å². The minimum absolute atomic E-state index is 0.146. The lowest BCUT2D eigenvalue weighted by molar-refractivity contribution is -0.199. The minimum Gasteiger partial charge on any atom is -0.369 e. The molecule has 2 amide bonds. The molecule has 22 heavy (non-hydrogen) atoms. The fourth-order valence-electron chi connectivity index (χ4n) is 2.41. The number of hydrogen-bond acceptors (Lipinski definition) is 3. The van der Waals surface area contributed by atoms with E-state index in [2.05, 4.69) is 5.32 Å². The summed E-state index contributed by atoms with van der Waals surface area (Å²) < 4.78 is 44.5. The molecule has 0 radical (unpaired) electrons. The van der Waals surface area contributed by atoms with Crippen molar-refractivity contribution in [3.63, 3.8) is 0 Å². The quantitative estimate of drug-likeness (QED) is 0.840. The van der Waals surface area contributed by atoms with Crippen molar-refractivity contribution in [2.24, 2.45) is 0 Å². The summed E-state index contributed by atoms with van der Waals surface area (Å²) in [5.41, 5.74) is 0. The van der Waals surface area contributed by atoms with Gasteiger partial charge in [-0.2, -0.15) is 13.2 Å². The van der Waals surface area contributed by atoms with Crippen LogP contribution in [-0.2, 0) is 14.3 Å². The molecule has 0 aliphatic carbocycles. The predicted octanol–water partition coefficient (Wildman–Crippen LogP) is 1.86. The number of halogens is 3. The number of hydrogen-bond donors (Lipinski definition) is 1. The Hall–Kier alpha value is -1.31. The van der Waals surface area contributed by atoms with Gasteiger partial charge in [0.15, 0.2) is 0 Å². The molecule has 1 heterocycles. The van der Waals surface area contributed by atoms with Crippen LogP contribution >= 0.6 is 0 Å². The van der Waals surface area contributed by atoms with Crippen LogP contribution in [0.25, 0.3) is 0 Å². The molecule has 1 saturated heterocycles. The van der Waals surface area contributed by atoms with E-state index in [9.17, 15) is 22.8 Å². The number of piperidine rings is 1. The number of nitrogens with one attached hydrogen (secondary N) is 1. The van der Waals surface area contributed by atoms with E-state index in [4.69, 9.17) is 4.74 Å². The molecular weight excluding hydrogens is 301 g/mol. The van der Waals surface area contributed by atoms with Crippen molar-refractivity contribution in [2.75, 3.05) is 13.2 Å². The van der Waals surface area contributed by atoms with Crippen molar-refractivity contribution in [1.82, 2.24) is 10.2 Å². The van der Waals surface area contributed by atoms with Crippen LogP contribution in [0.1, 0.15) is 40.0 Å². The van der Waals surface area contributed by atoms with Crippen molar-refractivity contribution in [3.8, 4) is 0 Å². The van der Waals surface area contributed by atoms with Gasteiger partial charge >= 0.3 is 6.18 Å². The zero-order valence-electron chi connectivity index (χ0n) is 13.1. The third-order valence-corrected chi connectivity index (χ3v) is 3.75. The number of likely N-dealkylation sites (tertiary alicyclic amines) is 1.